The van der Waals surface area contributed by atoms with Gasteiger partial charge in [0.15, 0.2) is 11.2 Å². The largest absolute Gasteiger partial charge is 0.463 e. The third-order valence-electron chi connectivity index (χ3n) is 4.52. The predicted octanol–water partition coefficient (Wildman–Crippen LogP) is 4.03. The normalized spacial score (nSPS) is 11.1. The van der Waals surface area contributed by atoms with Crippen LogP contribution >= 0.6 is 0 Å². The Labute approximate surface area is 177 Å². The van der Waals surface area contributed by atoms with Crippen LogP contribution in [0.25, 0.3) is 17.0 Å². The monoisotopic (exact) mass is 423 g/mol. The highest BCUT2D eigenvalue weighted by molar-refractivity contribution is 6.12. The third kappa shape index (κ3) is 4.48. The minimum atomic E-state index is -0.783. The molecule has 0 fully saturated rings. The second kappa shape index (κ2) is 8.83. The summed E-state index contributed by atoms with van der Waals surface area (Å²) in [7, 11) is 0. The highest BCUT2D eigenvalue weighted by Crippen LogP contribution is 2.28. The number of carbonyl (C=O) groups is 3. The lowest BCUT2D eigenvalue weighted by Crippen LogP contribution is -2.15. The zero-order valence-corrected chi connectivity index (χ0v) is 17.5. The van der Waals surface area contributed by atoms with Crippen molar-refractivity contribution in [1.29, 1.82) is 0 Å². The molecule has 0 saturated carbocycles. The lowest BCUT2D eigenvalue weighted by molar-refractivity contribution is -0.111. The van der Waals surface area contributed by atoms with Crippen molar-refractivity contribution in [2.75, 3.05) is 11.9 Å². The lowest BCUT2D eigenvalue weighted by Gasteiger charge is -2.04. The second-order valence-corrected chi connectivity index (χ2v) is 6.86. The molecule has 3 aromatic rings. The second-order valence-electron chi connectivity index (χ2n) is 6.86. The standard InChI is InChI=1S/C23H21NO7/c1-5-29-23(28)20-19(13(3)25)14(4)31-22(20)24-18(26)9-7-15-11-30-17-8-6-12(2)10-16(17)21(15)27/h6-11H,5H2,1-4H3,(H,24,26)/b9-7+. The number of anilines is 1. The zero-order chi connectivity index (χ0) is 22.7. The molecule has 2 heterocycles. The summed E-state index contributed by atoms with van der Waals surface area (Å²) in [5, 5.41) is 2.83. The molecule has 8 nitrogen and oxygen atoms in total. The molecular formula is C23H21NO7. The molecule has 0 unspecified atom stereocenters. The van der Waals surface area contributed by atoms with Crippen LogP contribution in [-0.2, 0) is 9.53 Å². The fraction of sp³-hybridized carbons (Fsp3) is 0.217. The number of benzene rings is 1. The Morgan fingerprint density at radius 2 is 1.90 bits per heavy atom. The van der Waals surface area contributed by atoms with E-state index in [4.69, 9.17) is 13.6 Å². The minimum absolute atomic E-state index is 0.0447. The Morgan fingerprint density at radius 3 is 2.58 bits per heavy atom. The zero-order valence-electron chi connectivity index (χ0n) is 17.5. The van der Waals surface area contributed by atoms with E-state index in [1.807, 2.05) is 13.0 Å². The van der Waals surface area contributed by atoms with Gasteiger partial charge >= 0.3 is 5.97 Å². The van der Waals surface area contributed by atoms with Crippen molar-refractivity contribution < 1.29 is 28.0 Å². The Morgan fingerprint density at radius 1 is 1.16 bits per heavy atom. The predicted molar refractivity (Wildman–Crippen MR) is 114 cm³/mol. The fourth-order valence-electron chi connectivity index (χ4n) is 3.15. The lowest BCUT2D eigenvalue weighted by atomic mass is 10.1. The average Bonchev–Trinajstić information content (AvgIpc) is 3.04. The Bertz CT molecular complexity index is 1280. The number of hydrogen-bond donors (Lipinski definition) is 1. The molecule has 0 aliphatic carbocycles. The van der Waals surface area contributed by atoms with Gasteiger partial charge in [0.25, 0.3) is 5.91 Å². The molecule has 0 radical (unpaired) electrons. The van der Waals surface area contributed by atoms with Gasteiger partial charge in [0.2, 0.25) is 5.88 Å². The van der Waals surface area contributed by atoms with Crippen LogP contribution in [0.4, 0.5) is 5.88 Å². The van der Waals surface area contributed by atoms with Crippen molar-refractivity contribution in [1.82, 2.24) is 0 Å². The van der Waals surface area contributed by atoms with E-state index in [9.17, 15) is 19.2 Å². The first-order valence-corrected chi connectivity index (χ1v) is 9.55. The van der Waals surface area contributed by atoms with Crippen LogP contribution in [0.5, 0.6) is 0 Å². The van der Waals surface area contributed by atoms with Crippen LogP contribution in [-0.4, -0.2) is 24.3 Å². The number of carbonyl (C=O) groups excluding carboxylic acids is 3. The molecule has 2 aromatic heterocycles. The summed E-state index contributed by atoms with van der Waals surface area (Å²) in [5.41, 5.74) is 1.14. The summed E-state index contributed by atoms with van der Waals surface area (Å²) in [6.07, 6.45) is 3.67. The van der Waals surface area contributed by atoms with Gasteiger partial charge < -0.3 is 13.6 Å². The number of hydrogen-bond acceptors (Lipinski definition) is 7. The van der Waals surface area contributed by atoms with Gasteiger partial charge in [0.1, 0.15) is 23.2 Å². The maximum Gasteiger partial charge on any atom is 0.344 e. The number of rotatable bonds is 6. The van der Waals surface area contributed by atoms with Gasteiger partial charge in [-0.25, -0.2) is 4.79 Å². The number of Topliss-reactive ketones (excluding diaryl/α,β-unsaturated/α-hetero) is 1. The minimum Gasteiger partial charge on any atom is -0.463 e. The summed E-state index contributed by atoms with van der Waals surface area (Å²) >= 11 is 0. The van der Waals surface area contributed by atoms with Crippen molar-refractivity contribution in [2.24, 2.45) is 0 Å². The first kappa shape index (κ1) is 21.8. The topological polar surface area (TPSA) is 116 Å². The first-order valence-electron chi connectivity index (χ1n) is 9.55. The van der Waals surface area contributed by atoms with Crippen molar-refractivity contribution >= 4 is 40.6 Å². The smallest absolute Gasteiger partial charge is 0.344 e. The van der Waals surface area contributed by atoms with Crippen LogP contribution in [0, 0.1) is 13.8 Å². The van der Waals surface area contributed by atoms with E-state index in [0.29, 0.717) is 11.0 Å². The van der Waals surface area contributed by atoms with Crippen molar-refractivity contribution in [3.8, 4) is 0 Å². The van der Waals surface area contributed by atoms with Gasteiger partial charge in [0, 0.05) is 6.08 Å². The molecule has 0 bridgehead atoms. The molecule has 160 valence electrons. The van der Waals surface area contributed by atoms with E-state index in [1.54, 1.807) is 19.1 Å². The summed E-state index contributed by atoms with van der Waals surface area (Å²) in [6.45, 7) is 6.36. The van der Waals surface area contributed by atoms with Gasteiger partial charge in [-0.15, -0.1) is 0 Å². The molecule has 1 amide bonds. The average molecular weight is 423 g/mol. The molecule has 1 aromatic carbocycles. The molecule has 0 aliphatic rings. The Kier molecular flexibility index (Phi) is 6.20. The molecule has 0 spiro atoms. The Balaban J connectivity index is 1.90. The number of ketones is 1. The van der Waals surface area contributed by atoms with Crippen molar-refractivity contribution in [2.45, 2.75) is 27.7 Å². The number of furan rings is 1. The molecule has 0 aliphatic heterocycles. The summed E-state index contributed by atoms with van der Waals surface area (Å²) in [6, 6.07) is 5.24. The molecule has 0 saturated heterocycles. The van der Waals surface area contributed by atoms with E-state index in [2.05, 4.69) is 5.32 Å². The van der Waals surface area contributed by atoms with Crippen LogP contribution in [0.3, 0.4) is 0 Å². The van der Waals surface area contributed by atoms with E-state index in [1.165, 1.54) is 26.2 Å². The first-order chi connectivity index (χ1) is 14.7. The van der Waals surface area contributed by atoms with E-state index in [-0.39, 0.29) is 40.4 Å². The number of amides is 1. The molecule has 8 heteroatoms. The van der Waals surface area contributed by atoms with Crippen LogP contribution in [0.1, 0.15) is 51.5 Å². The van der Waals surface area contributed by atoms with Crippen molar-refractivity contribution in [3.05, 3.63) is 68.8 Å². The van der Waals surface area contributed by atoms with Gasteiger partial charge in [-0.1, -0.05) is 11.6 Å². The van der Waals surface area contributed by atoms with Gasteiger partial charge in [-0.2, -0.15) is 0 Å². The number of ether oxygens (including phenoxy) is 1. The fourth-order valence-corrected chi connectivity index (χ4v) is 3.15. The molecule has 1 N–H and O–H groups in total. The van der Waals surface area contributed by atoms with Crippen molar-refractivity contribution in [3.63, 3.8) is 0 Å². The van der Waals surface area contributed by atoms with Crippen LogP contribution in [0.2, 0.25) is 0 Å². The molecular weight excluding hydrogens is 402 g/mol. The molecule has 31 heavy (non-hydrogen) atoms. The summed E-state index contributed by atoms with van der Waals surface area (Å²) < 4.78 is 15.9. The maximum atomic E-state index is 12.6. The highest BCUT2D eigenvalue weighted by atomic mass is 16.5. The SMILES string of the molecule is CCOC(=O)c1c(NC(=O)/C=C/c2coc3ccc(C)cc3c2=O)oc(C)c1C(C)=O. The third-order valence-corrected chi connectivity index (χ3v) is 4.52. The van der Waals surface area contributed by atoms with Gasteiger partial charge in [0.05, 0.1) is 23.1 Å². The maximum absolute atomic E-state index is 12.6. The Hall–Kier alpha value is -3.94. The highest BCUT2D eigenvalue weighted by Gasteiger charge is 2.28. The van der Waals surface area contributed by atoms with Gasteiger partial charge in [-0.3, -0.25) is 19.7 Å². The summed E-state index contributed by atoms with van der Waals surface area (Å²) in [4.78, 5) is 49.3. The summed E-state index contributed by atoms with van der Waals surface area (Å²) in [5.74, 6) is -1.87. The number of fused-ring (bicyclic) bond motifs is 1. The molecule has 3 rings (SSSR count). The van der Waals surface area contributed by atoms with Gasteiger partial charge in [-0.05, 0) is 45.9 Å². The van der Waals surface area contributed by atoms with E-state index in [0.717, 1.165) is 11.6 Å². The van der Waals surface area contributed by atoms with Crippen LogP contribution in [0.15, 0.2) is 44.2 Å². The quantitative estimate of drug-likeness (QED) is 0.361. The number of esters is 1. The van der Waals surface area contributed by atoms with E-state index < -0.39 is 17.7 Å². The van der Waals surface area contributed by atoms with E-state index >= 15 is 0 Å². The number of nitrogens with one attached hydrogen (secondary N) is 1. The number of aryl methyl sites for hydroxylation is 2. The van der Waals surface area contributed by atoms with Crippen LogP contribution < -0.4 is 10.7 Å². The molecule has 0 atom stereocenters.